The lowest BCUT2D eigenvalue weighted by atomic mass is 10.2. The summed E-state index contributed by atoms with van der Waals surface area (Å²) < 4.78 is 0.637. The number of rotatable bonds is 3. The van der Waals surface area contributed by atoms with Crippen LogP contribution in [0.25, 0.3) is 0 Å². The third-order valence-electron chi connectivity index (χ3n) is 2.45. The van der Waals surface area contributed by atoms with Crippen molar-refractivity contribution in [1.29, 1.82) is 0 Å². The van der Waals surface area contributed by atoms with E-state index in [4.69, 9.17) is 5.11 Å². The van der Waals surface area contributed by atoms with Crippen molar-refractivity contribution in [2.75, 3.05) is 5.32 Å². The summed E-state index contributed by atoms with van der Waals surface area (Å²) in [6.07, 6.45) is 2.49. The summed E-state index contributed by atoms with van der Waals surface area (Å²) in [6, 6.07) is 5.71. The van der Waals surface area contributed by atoms with E-state index in [1.807, 2.05) is 0 Å². The van der Waals surface area contributed by atoms with Crippen molar-refractivity contribution in [3.63, 3.8) is 0 Å². The Morgan fingerprint density at radius 2 is 1.95 bits per heavy atom. The van der Waals surface area contributed by atoms with Gasteiger partial charge in [0.1, 0.15) is 5.75 Å². The van der Waals surface area contributed by atoms with Gasteiger partial charge in [-0.3, -0.25) is 9.78 Å². The Morgan fingerprint density at radius 1 is 1.20 bits per heavy atom. The van der Waals surface area contributed by atoms with Crippen LogP contribution in [0, 0.1) is 0 Å². The third kappa shape index (κ3) is 3.12. The number of carbonyl (C=O) groups is 2. The molecule has 1 aromatic heterocycles. The molecule has 0 radical (unpaired) electrons. The lowest BCUT2D eigenvalue weighted by molar-refractivity contribution is 0.0696. The van der Waals surface area contributed by atoms with E-state index in [0.29, 0.717) is 4.47 Å². The molecule has 0 fully saturated rings. The number of hydrogen-bond acceptors (Lipinski definition) is 4. The number of nitrogens with one attached hydrogen (secondary N) is 1. The number of carboxylic acids is 1. The minimum absolute atomic E-state index is 0.0405. The smallest absolute Gasteiger partial charge is 0.337 e. The number of pyridine rings is 1. The molecule has 2 aromatic rings. The molecule has 0 unspecified atom stereocenters. The first-order chi connectivity index (χ1) is 9.47. The molecule has 0 aliphatic carbocycles. The average molecular weight is 337 g/mol. The molecule has 0 atom stereocenters. The first-order valence-corrected chi connectivity index (χ1v) is 6.25. The Morgan fingerprint density at radius 3 is 2.65 bits per heavy atom. The van der Waals surface area contributed by atoms with Gasteiger partial charge in [0, 0.05) is 10.7 Å². The molecule has 1 amide bonds. The van der Waals surface area contributed by atoms with Crippen molar-refractivity contribution in [2.24, 2.45) is 0 Å². The van der Waals surface area contributed by atoms with E-state index >= 15 is 0 Å². The van der Waals surface area contributed by atoms with Gasteiger partial charge < -0.3 is 15.5 Å². The number of amides is 1. The molecule has 0 bridgehead atoms. The molecule has 3 N–H and O–H groups in total. The Labute approximate surface area is 122 Å². The summed E-state index contributed by atoms with van der Waals surface area (Å²) in [5.41, 5.74) is 0.260. The Balaban J connectivity index is 2.25. The van der Waals surface area contributed by atoms with Crippen LogP contribution >= 0.6 is 15.9 Å². The number of hydrogen-bond donors (Lipinski definition) is 3. The molecule has 1 heterocycles. The van der Waals surface area contributed by atoms with Crippen LogP contribution in [0.2, 0.25) is 0 Å². The summed E-state index contributed by atoms with van der Waals surface area (Å²) in [7, 11) is 0. The van der Waals surface area contributed by atoms with Crippen LogP contribution in [0.5, 0.6) is 5.75 Å². The van der Waals surface area contributed by atoms with Crippen molar-refractivity contribution in [2.45, 2.75) is 0 Å². The monoisotopic (exact) mass is 336 g/mol. The van der Waals surface area contributed by atoms with Crippen LogP contribution in [0.1, 0.15) is 20.7 Å². The molecule has 7 heteroatoms. The fourth-order valence-electron chi connectivity index (χ4n) is 1.51. The van der Waals surface area contributed by atoms with Crippen molar-refractivity contribution in [3.05, 3.63) is 52.3 Å². The van der Waals surface area contributed by atoms with Gasteiger partial charge in [-0.05, 0) is 24.3 Å². The number of aromatic hydroxyl groups is 1. The van der Waals surface area contributed by atoms with Crippen LogP contribution in [-0.2, 0) is 0 Å². The SMILES string of the molecule is O=C(O)c1cncc(NC(=O)c2cc(Br)ccc2O)c1. The van der Waals surface area contributed by atoms with E-state index in [0.717, 1.165) is 0 Å². The number of halogens is 1. The first-order valence-electron chi connectivity index (χ1n) is 5.45. The van der Waals surface area contributed by atoms with Gasteiger partial charge in [0.15, 0.2) is 0 Å². The molecular formula is C13H9BrN2O4. The van der Waals surface area contributed by atoms with Crippen molar-refractivity contribution in [3.8, 4) is 5.75 Å². The second kappa shape index (κ2) is 5.70. The van der Waals surface area contributed by atoms with Gasteiger partial charge in [-0.2, -0.15) is 0 Å². The average Bonchev–Trinajstić information content (AvgIpc) is 2.41. The van der Waals surface area contributed by atoms with Crippen molar-refractivity contribution >= 4 is 33.5 Å². The second-order valence-corrected chi connectivity index (χ2v) is 4.80. The summed E-state index contributed by atoms with van der Waals surface area (Å²) in [6.45, 7) is 0. The maximum absolute atomic E-state index is 12.0. The van der Waals surface area contributed by atoms with Crippen molar-refractivity contribution in [1.82, 2.24) is 4.98 Å². The van der Waals surface area contributed by atoms with E-state index in [-0.39, 0.29) is 22.6 Å². The highest BCUT2D eigenvalue weighted by Gasteiger charge is 2.13. The quantitative estimate of drug-likeness (QED) is 0.799. The zero-order chi connectivity index (χ0) is 14.7. The number of phenols is 1. The first kappa shape index (κ1) is 14.0. The highest BCUT2D eigenvalue weighted by atomic mass is 79.9. The summed E-state index contributed by atoms with van der Waals surface area (Å²) in [5, 5.41) is 21.0. The zero-order valence-corrected chi connectivity index (χ0v) is 11.6. The lowest BCUT2D eigenvalue weighted by Gasteiger charge is -2.07. The zero-order valence-electron chi connectivity index (χ0n) is 10.0. The Bertz CT molecular complexity index is 688. The number of anilines is 1. The molecule has 102 valence electrons. The Kier molecular flexibility index (Phi) is 3.99. The number of carbonyl (C=O) groups excluding carboxylic acids is 1. The highest BCUT2D eigenvalue weighted by Crippen LogP contribution is 2.23. The van der Waals surface area contributed by atoms with E-state index in [2.05, 4.69) is 26.2 Å². The van der Waals surface area contributed by atoms with Crippen LogP contribution < -0.4 is 5.32 Å². The molecule has 0 spiro atoms. The summed E-state index contributed by atoms with van der Waals surface area (Å²) in [5.74, 6) is -1.87. The van der Waals surface area contributed by atoms with Gasteiger partial charge in [-0.15, -0.1) is 0 Å². The minimum atomic E-state index is -1.14. The number of benzene rings is 1. The number of carboxylic acid groups (broad SMARTS) is 1. The molecule has 2 rings (SSSR count). The molecule has 20 heavy (non-hydrogen) atoms. The summed E-state index contributed by atoms with van der Waals surface area (Å²) >= 11 is 3.20. The number of phenolic OH excluding ortho intramolecular Hbond substituents is 1. The fourth-order valence-corrected chi connectivity index (χ4v) is 1.87. The van der Waals surface area contributed by atoms with Crippen LogP contribution in [0.15, 0.2) is 41.1 Å². The Hall–Kier alpha value is -2.41. The number of nitrogens with zero attached hydrogens (tertiary/aromatic N) is 1. The highest BCUT2D eigenvalue weighted by molar-refractivity contribution is 9.10. The van der Waals surface area contributed by atoms with Gasteiger partial charge in [0.25, 0.3) is 5.91 Å². The standard InChI is InChI=1S/C13H9BrN2O4/c14-8-1-2-11(17)10(4-8)12(18)16-9-3-7(13(19)20)5-15-6-9/h1-6,17H,(H,16,18)(H,19,20). The van der Waals surface area contributed by atoms with Gasteiger partial charge in [0.2, 0.25) is 0 Å². The van der Waals surface area contributed by atoms with Crippen LogP contribution in [0.4, 0.5) is 5.69 Å². The van der Waals surface area contributed by atoms with Crippen molar-refractivity contribution < 1.29 is 19.8 Å². The minimum Gasteiger partial charge on any atom is -0.507 e. The van der Waals surface area contributed by atoms with E-state index in [1.54, 1.807) is 6.07 Å². The molecule has 0 saturated heterocycles. The predicted molar refractivity (Wildman–Crippen MR) is 75.0 cm³/mol. The van der Waals surface area contributed by atoms with Crippen LogP contribution in [0.3, 0.4) is 0 Å². The molecule has 0 aliphatic heterocycles. The van der Waals surface area contributed by atoms with Gasteiger partial charge >= 0.3 is 5.97 Å². The molecule has 0 saturated carbocycles. The predicted octanol–water partition coefficient (Wildman–Crippen LogP) is 2.50. The molecule has 6 nitrogen and oxygen atoms in total. The van der Waals surface area contributed by atoms with Gasteiger partial charge in [-0.25, -0.2) is 4.79 Å². The number of aromatic carboxylic acids is 1. The van der Waals surface area contributed by atoms with E-state index < -0.39 is 11.9 Å². The largest absolute Gasteiger partial charge is 0.507 e. The normalized spacial score (nSPS) is 10.1. The van der Waals surface area contributed by atoms with Gasteiger partial charge in [0.05, 0.1) is 23.0 Å². The molecular weight excluding hydrogens is 328 g/mol. The number of aromatic nitrogens is 1. The maximum atomic E-state index is 12.0. The molecule has 0 aliphatic rings. The fraction of sp³-hybridized carbons (Fsp3) is 0. The topological polar surface area (TPSA) is 99.5 Å². The third-order valence-corrected chi connectivity index (χ3v) is 2.94. The maximum Gasteiger partial charge on any atom is 0.337 e. The lowest BCUT2D eigenvalue weighted by Crippen LogP contribution is -2.13. The van der Waals surface area contributed by atoms with Gasteiger partial charge in [-0.1, -0.05) is 15.9 Å². The summed E-state index contributed by atoms with van der Waals surface area (Å²) in [4.78, 5) is 26.5. The van der Waals surface area contributed by atoms with Crippen LogP contribution in [-0.4, -0.2) is 27.1 Å². The second-order valence-electron chi connectivity index (χ2n) is 3.88. The van der Waals surface area contributed by atoms with E-state index in [1.165, 1.54) is 30.6 Å². The van der Waals surface area contributed by atoms with E-state index in [9.17, 15) is 14.7 Å². The molecule has 1 aromatic carbocycles.